The van der Waals surface area contributed by atoms with Gasteiger partial charge >= 0.3 is 0 Å². The molecule has 0 amide bonds. The topological polar surface area (TPSA) is 61.0 Å². The van der Waals surface area contributed by atoms with Crippen LogP contribution in [0.3, 0.4) is 0 Å². The first kappa shape index (κ1) is 13.9. The third-order valence-corrected chi connectivity index (χ3v) is 3.16. The van der Waals surface area contributed by atoms with E-state index in [1.54, 1.807) is 36.7 Å². The van der Waals surface area contributed by atoms with Gasteiger partial charge in [-0.05, 0) is 30.3 Å². The fraction of sp³-hybridized carbons (Fsp3) is 0.0714. The van der Waals surface area contributed by atoms with Crippen LogP contribution >= 0.6 is 23.2 Å². The molecule has 0 aliphatic heterocycles. The molecule has 5 nitrogen and oxygen atoms in total. The highest BCUT2D eigenvalue weighted by Gasteiger charge is 2.10. The summed E-state index contributed by atoms with van der Waals surface area (Å²) < 4.78 is 10.6. The Morgan fingerprint density at radius 2 is 2.10 bits per heavy atom. The average molecular weight is 322 g/mol. The van der Waals surface area contributed by atoms with Gasteiger partial charge in [0.15, 0.2) is 6.61 Å². The van der Waals surface area contributed by atoms with Gasteiger partial charge in [-0.1, -0.05) is 28.4 Å². The Morgan fingerprint density at radius 1 is 1.19 bits per heavy atom. The molecule has 0 N–H and O–H groups in total. The van der Waals surface area contributed by atoms with Gasteiger partial charge in [0, 0.05) is 23.0 Å². The smallest absolute Gasteiger partial charge is 0.264 e. The standard InChI is InChI=1S/C14H9Cl2N3O2/c15-10-3-4-12(11(16)6-10)20-8-13-18-14(19-21-13)9-2-1-5-17-7-9/h1-7H,8H2. The number of rotatable bonds is 4. The van der Waals surface area contributed by atoms with Gasteiger partial charge in [0.25, 0.3) is 5.89 Å². The van der Waals surface area contributed by atoms with E-state index in [1.807, 2.05) is 6.07 Å². The second-order valence-corrected chi connectivity index (χ2v) is 4.96. The summed E-state index contributed by atoms with van der Waals surface area (Å²) in [6, 6.07) is 8.63. The number of aromatic nitrogens is 3. The predicted octanol–water partition coefficient (Wildman–Crippen LogP) is 4.02. The maximum Gasteiger partial charge on any atom is 0.264 e. The van der Waals surface area contributed by atoms with Crippen molar-refractivity contribution in [2.24, 2.45) is 0 Å². The molecule has 3 rings (SSSR count). The van der Waals surface area contributed by atoms with Crippen LogP contribution in [0.25, 0.3) is 11.4 Å². The predicted molar refractivity (Wildman–Crippen MR) is 78.3 cm³/mol. The maximum atomic E-state index is 6.01. The van der Waals surface area contributed by atoms with Crippen LogP contribution in [-0.2, 0) is 6.61 Å². The normalized spacial score (nSPS) is 10.6. The van der Waals surface area contributed by atoms with Gasteiger partial charge < -0.3 is 9.26 Å². The molecule has 0 aliphatic carbocycles. The van der Waals surface area contributed by atoms with Crippen molar-refractivity contribution in [1.29, 1.82) is 0 Å². The lowest BCUT2D eigenvalue weighted by molar-refractivity contribution is 0.243. The first-order valence-corrected chi connectivity index (χ1v) is 6.79. The lowest BCUT2D eigenvalue weighted by Gasteiger charge is -2.05. The Hall–Kier alpha value is -2.11. The second-order valence-electron chi connectivity index (χ2n) is 4.12. The van der Waals surface area contributed by atoms with Crippen LogP contribution in [0.5, 0.6) is 5.75 Å². The third-order valence-electron chi connectivity index (χ3n) is 2.63. The summed E-state index contributed by atoms with van der Waals surface area (Å²) in [5.74, 6) is 1.31. The van der Waals surface area contributed by atoms with Crippen LogP contribution in [-0.4, -0.2) is 15.1 Å². The molecule has 0 saturated carbocycles. The zero-order valence-electron chi connectivity index (χ0n) is 10.7. The Labute approximate surface area is 130 Å². The fourth-order valence-electron chi connectivity index (χ4n) is 1.66. The molecule has 2 aromatic heterocycles. The molecule has 2 heterocycles. The summed E-state index contributed by atoms with van der Waals surface area (Å²) in [7, 11) is 0. The molecule has 106 valence electrons. The quantitative estimate of drug-likeness (QED) is 0.726. The Kier molecular flexibility index (Phi) is 4.03. The van der Waals surface area contributed by atoms with E-state index in [9.17, 15) is 0 Å². The second kappa shape index (κ2) is 6.11. The van der Waals surface area contributed by atoms with E-state index in [4.69, 9.17) is 32.5 Å². The van der Waals surface area contributed by atoms with Crippen molar-refractivity contribution in [3.8, 4) is 17.1 Å². The van der Waals surface area contributed by atoms with Crippen molar-refractivity contribution < 1.29 is 9.26 Å². The van der Waals surface area contributed by atoms with Gasteiger partial charge in [0.1, 0.15) is 5.75 Å². The lowest BCUT2D eigenvalue weighted by atomic mass is 10.3. The number of hydrogen-bond acceptors (Lipinski definition) is 5. The Morgan fingerprint density at radius 3 is 2.86 bits per heavy atom. The summed E-state index contributed by atoms with van der Waals surface area (Å²) in [5, 5.41) is 4.85. The molecular formula is C14H9Cl2N3O2. The van der Waals surface area contributed by atoms with E-state index in [0.717, 1.165) is 5.56 Å². The zero-order chi connectivity index (χ0) is 14.7. The molecule has 0 unspecified atom stereocenters. The van der Waals surface area contributed by atoms with Gasteiger partial charge in [0.05, 0.1) is 5.02 Å². The molecule has 7 heteroatoms. The molecule has 0 fully saturated rings. The number of halogens is 2. The fourth-order valence-corrected chi connectivity index (χ4v) is 2.12. The van der Waals surface area contributed by atoms with Gasteiger partial charge in [-0.25, -0.2) is 0 Å². The summed E-state index contributed by atoms with van der Waals surface area (Å²) in [4.78, 5) is 8.23. The first-order valence-electron chi connectivity index (χ1n) is 6.03. The van der Waals surface area contributed by atoms with Crippen molar-refractivity contribution >= 4 is 23.2 Å². The lowest BCUT2D eigenvalue weighted by Crippen LogP contribution is -1.96. The van der Waals surface area contributed by atoms with E-state index in [0.29, 0.717) is 27.5 Å². The van der Waals surface area contributed by atoms with Gasteiger partial charge in [-0.15, -0.1) is 0 Å². The van der Waals surface area contributed by atoms with Crippen molar-refractivity contribution in [2.45, 2.75) is 6.61 Å². The van der Waals surface area contributed by atoms with Crippen LogP contribution in [0.1, 0.15) is 5.89 Å². The molecule has 0 saturated heterocycles. The van der Waals surface area contributed by atoms with Crippen LogP contribution in [0.4, 0.5) is 0 Å². The highest BCUT2D eigenvalue weighted by molar-refractivity contribution is 6.35. The molecule has 3 aromatic rings. The number of nitrogens with zero attached hydrogens (tertiary/aromatic N) is 3. The maximum absolute atomic E-state index is 6.01. The minimum Gasteiger partial charge on any atom is -0.482 e. The highest BCUT2D eigenvalue weighted by atomic mass is 35.5. The van der Waals surface area contributed by atoms with Crippen molar-refractivity contribution in [3.05, 3.63) is 58.7 Å². The molecule has 0 spiro atoms. The molecule has 21 heavy (non-hydrogen) atoms. The molecular weight excluding hydrogens is 313 g/mol. The van der Waals surface area contributed by atoms with Gasteiger partial charge in [0.2, 0.25) is 5.82 Å². The van der Waals surface area contributed by atoms with Crippen LogP contribution in [0.2, 0.25) is 10.0 Å². The molecule has 1 aromatic carbocycles. The molecule has 0 bridgehead atoms. The SMILES string of the molecule is Clc1ccc(OCc2nc(-c3cccnc3)no2)c(Cl)c1. The summed E-state index contributed by atoms with van der Waals surface area (Å²) in [5.41, 5.74) is 0.775. The van der Waals surface area contributed by atoms with E-state index >= 15 is 0 Å². The number of pyridine rings is 1. The van der Waals surface area contributed by atoms with Crippen LogP contribution in [0.15, 0.2) is 47.2 Å². The van der Waals surface area contributed by atoms with Crippen LogP contribution in [0, 0.1) is 0 Å². The largest absolute Gasteiger partial charge is 0.482 e. The molecule has 0 atom stereocenters. The van der Waals surface area contributed by atoms with Gasteiger partial charge in [-0.3, -0.25) is 4.98 Å². The number of benzene rings is 1. The number of hydrogen-bond donors (Lipinski definition) is 0. The monoisotopic (exact) mass is 321 g/mol. The van der Waals surface area contributed by atoms with Crippen molar-refractivity contribution in [1.82, 2.24) is 15.1 Å². The average Bonchev–Trinajstić information content (AvgIpc) is 2.96. The minimum atomic E-state index is 0.120. The van der Waals surface area contributed by atoms with Crippen LogP contribution < -0.4 is 4.74 Å². The summed E-state index contributed by atoms with van der Waals surface area (Å²) >= 11 is 11.8. The third kappa shape index (κ3) is 3.32. The number of ether oxygens (including phenoxy) is 1. The van der Waals surface area contributed by atoms with E-state index < -0.39 is 0 Å². The molecule has 0 radical (unpaired) electrons. The molecule has 0 aliphatic rings. The van der Waals surface area contributed by atoms with Crippen molar-refractivity contribution in [2.75, 3.05) is 0 Å². The zero-order valence-corrected chi connectivity index (χ0v) is 12.2. The summed E-state index contributed by atoms with van der Waals surface area (Å²) in [6.07, 6.45) is 3.34. The first-order chi connectivity index (χ1) is 10.2. The highest BCUT2D eigenvalue weighted by Crippen LogP contribution is 2.28. The Bertz CT molecular complexity index is 747. The minimum absolute atomic E-state index is 0.120. The van der Waals surface area contributed by atoms with E-state index in [2.05, 4.69) is 15.1 Å². The van der Waals surface area contributed by atoms with Gasteiger partial charge in [-0.2, -0.15) is 4.98 Å². The summed E-state index contributed by atoms with van der Waals surface area (Å²) in [6.45, 7) is 0.120. The van der Waals surface area contributed by atoms with Crippen molar-refractivity contribution in [3.63, 3.8) is 0 Å². The van der Waals surface area contributed by atoms with E-state index in [-0.39, 0.29) is 6.61 Å². The van der Waals surface area contributed by atoms with E-state index in [1.165, 1.54) is 0 Å². The Balaban J connectivity index is 1.70.